The molecule has 2 aliphatic heterocycles. The van der Waals surface area contributed by atoms with Crippen LogP contribution in [0.4, 0.5) is 16.2 Å². The summed E-state index contributed by atoms with van der Waals surface area (Å²) in [7, 11) is -3.08. The van der Waals surface area contributed by atoms with Gasteiger partial charge in [-0.3, -0.25) is 4.79 Å². The fraction of sp³-hybridized carbons (Fsp3) is 0.263. The molecule has 0 saturated carbocycles. The summed E-state index contributed by atoms with van der Waals surface area (Å²) in [6.07, 6.45) is 0.397. The van der Waals surface area contributed by atoms with Crippen LogP contribution >= 0.6 is 0 Å². The summed E-state index contributed by atoms with van der Waals surface area (Å²) in [4.78, 5) is 24.6. The van der Waals surface area contributed by atoms with Gasteiger partial charge in [0, 0.05) is 29.0 Å². The van der Waals surface area contributed by atoms with Gasteiger partial charge < -0.3 is 25.4 Å². The van der Waals surface area contributed by atoms with Crippen LogP contribution in [0.2, 0.25) is 0 Å². The summed E-state index contributed by atoms with van der Waals surface area (Å²) in [6.45, 7) is 0.148. The number of nitrogens with one attached hydrogen (secondary N) is 3. The van der Waals surface area contributed by atoms with Crippen molar-refractivity contribution in [2.24, 2.45) is 0 Å². The molecule has 2 heterocycles. The molecule has 3 N–H and O–H groups in total. The highest BCUT2D eigenvalue weighted by atomic mass is 32.2. The predicted octanol–water partition coefficient (Wildman–Crippen LogP) is 1.98. The Bertz CT molecular complexity index is 1070. The molecule has 2 aliphatic rings. The molecule has 1 saturated heterocycles. The summed E-state index contributed by atoms with van der Waals surface area (Å²) in [6, 6.07) is 10.6. The lowest BCUT2D eigenvalue weighted by Gasteiger charge is -2.13. The molecular weight excluding hydrogens is 398 g/mol. The Morgan fingerprint density at radius 3 is 2.55 bits per heavy atom. The van der Waals surface area contributed by atoms with Crippen LogP contribution in [0.5, 0.6) is 11.5 Å². The van der Waals surface area contributed by atoms with E-state index >= 15 is 0 Å². The molecule has 10 heteroatoms. The number of anilines is 2. The Kier molecular flexibility index (Phi) is 5.01. The largest absolute Gasteiger partial charge is 0.454 e. The first-order valence-corrected chi connectivity index (χ1v) is 10.8. The Morgan fingerprint density at radius 2 is 1.76 bits per heavy atom. The van der Waals surface area contributed by atoms with E-state index in [-0.39, 0.29) is 24.2 Å². The van der Waals surface area contributed by atoms with Crippen molar-refractivity contribution >= 4 is 33.2 Å². The van der Waals surface area contributed by atoms with Crippen molar-refractivity contribution in [1.29, 1.82) is 0 Å². The SMILES string of the molecule is O=C(Nc1cccc(C(=O)Nc2ccc3c(c2)OCO3)c1)N[C@@H]1CCS(=O)(=O)C1. The van der Waals surface area contributed by atoms with Crippen LogP contribution in [0.3, 0.4) is 0 Å². The van der Waals surface area contributed by atoms with E-state index in [0.29, 0.717) is 34.9 Å². The van der Waals surface area contributed by atoms with Gasteiger partial charge in [0.15, 0.2) is 21.3 Å². The highest BCUT2D eigenvalue weighted by Gasteiger charge is 2.28. The molecule has 0 unspecified atom stereocenters. The van der Waals surface area contributed by atoms with E-state index in [1.54, 1.807) is 36.4 Å². The maximum absolute atomic E-state index is 12.5. The Hall–Kier alpha value is -3.27. The van der Waals surface area contributed by atoms with Gasteiger partial charge in [0.2, 0.25) is 6.79 Å². The van der Waals surface area contributed by atoms with Crippen LogP contribution in [0.1, 0.15) is 16.8 Å². The third-order valence-electron chi connectivity index (χ3n) is 4.58. The molecule has 0 aliphatic carbocycles. The molecule has 9 nitrogen and oxygen atoms in total. The molecular formula is C19H19N3O6S. The van der Waals surface area contributed by atoms with Crippen molar-refractivity contribution in [2.75, 3.05) is 28.9 Å². The molecule has 29 heavy (non-hydrogen) atoms. The Balaban J connectivity index is 1.37. The molecule has 0 radical (unpaired) electrons. The summed E-state index contributed by atoms with van der Waals surface area (Å²) in [5, 5.41) is 8.03. The highest BCUT2D eigenvalue weighted by molar-refractivity contribution is 7.91. The van der Waals surface area contributed by atoms with E-state index in [1.165, 1.54) is 6.07 Å². The number of benzene rings is 2. The molecule has 4 rings (SSSR count). The fourth-order valence-corrected chi connectivity index (χ4v) is 4.85. The summed E-state index contributed by atoms with van der Waals surface area (Å²) in [5.41, 5.74) is 1.32. The minimum absolute atomic E-state index is 0.0571. The van der Waals surface area contributed by atoms with Crippen molar-refractivity contribution in [3.8, 4) is 11.5 Å². The quantitative estimate of drug-likeness (QED) is 0.699. The number of amides is 3. The van der Waals surface area contributed by atoms with Gasteiger partial charge in [0.25, 0.3) is 5.91 Å². The number of hydrogen-bond donors (Lipinski definition) is 3. The van der Waals surface area contributed by atoms with Crippen molar-refractivity contribution in [3.05, 3.63) is 48.0 Å². The van der Waals surface area contributed by atoms with Crippen molar-refractivity contribution in [2.45, 2.75) is 12.5 Å². The van der Waals surface area contributed by atoms with Crippen molar-refractivity contribution in [3.63, 3.8) is 0 Å². The second-order valence-corrected chi connectivity index (χ2v) is 9.03. The second kappa shape index (κ2) is 7.63. The Morgan fingerprint density at radius 1 is 0.966 bits per heavy atom. The molecule has 0 aromatic heterocycles. The van der Waals surface area contributed by atoms with Gasteiger partial charge in [0.1, 0.15) is 0 Å². The van der Waals surface area contributed by atoms with Crippen LogP contribution in [0.25, 0.3) is 0 Å². The van der Waals surface area contributed by atoms with E-state index in [1.807, 2.05) is 0 Å². The number of sulfone groups is 1. The summed E-state index contributed by atoms with van der Waals surface area (Å²) in [5.74, 6) is 0.847. The first kappa shape index (κ1) is 19.1. The van der Waals surface area contributed by atoms with E-state index in [2.05, 4.69) is 16.0 Å². The van der Waals surface area contributed by atoms with E-state index < -0.39 is 21.9 Å². The molecule has 1 atom stereocenters. The number of carbonyl (C=O) groups excluding carboxylic acids is 2. The molecule has 2 aromatic rings. The normalized spacial score (nSPS) is 18.8. The number of urea groups is 1. The van der Waals surface area contributed by atoms with Gasteiger partial charge in [0.05, 0.1) is 11.5 Å². The lowest BCUT2D eigenvalue weighted by atomic mass is 10.1. The molecule has 1 fully saturated rings. The number of rotatable bonds is 4. The zero-order valence-electron chi connectivity index (χ0n) is 15.3. The van der Waals surface area contributed by atoms with Gasteiger partial charge >= 0.3 is 6.03 Å². The zero-order valence-corrected chi connectivity index (χ0v) is 16.1. The molecule has 152 valence electrons. The van der Waals surface area contributed by atoms with Gasteiger partial charge in [-0.05, 0) is 36.8 Å². The van der Waals surface area contributed by atoms with E-state index in [0.717, 1.165) is 0 Å². The van der Waals surface area contributed by atoms with E-state index in [4.69, 9.17) is 9.47 Å². The molecule has 0 bridgehead atoms. The molecule has 3 amide bonds. The lowest BCUT2D eigenvalue weighted by Crippen LogP contribution is -2.38. The number of fused-ring (bicyclic) bond motifs is 1. The van der Waals surface area contributed by atoms with Gasteiger partial charge in [-0.2, -0.15) is 0 Å². The smallest absolute Gasteiger partial charge is 0.319 e. The highest BCUT2D eigenvalue weighted by Crippen LogP contribution is 2.34. The minimum atomic E-state index is -3.08. The molecule has 2 aromatic carbocycles. The van der Waals surface area contributed by atoms with Crippen molar-refractivity contribution in [1.82, 2.24) is 5.32 Å². The number of carbonyl (C=O) groups is 2. The third kappa shape index (κ3) is 4.60. The zero-order chi connectivity index (χ0) is 20.4. The lowest BCUT2D eigenvalue weighted by molar-refractivity contribution is 0.102. The number of ether oxygens (including phenoxy) is 2. The summed E-state index contributed by atoms with van der Waals surface area (Å²) >= 11 is 0. The maximum atomic E-state index is 12.5. The minimum Gasteiger partial charge on any atom is -0.454 e. The Labute approximate surface area is 167 Å². The van der Waals surface area contributed by atoms with Crippen LogP contribution in [-0.4, -0.2) is 44.7 Å². The average molecular weight is 417 g/mol. The first-order chi connectivity index (χ1) is 13.9. The van der Waals surface area contributed by atoms with Gasteiger partial charge in [-0.25, -0.2) is 13.2 Å². The fourth-order valence-electron chi connectivity index (χ4n) is 3.18. The standard InChI is InChI=1S/C19H19N3O6S/c23-18(20-14-4-5-16-17(9-14)28-11-27-16)12-2-1-3-13(8-12)21-19(24)22-15-6-7-29(25,26)10-15/h1-5,8-9,15H,6-7,10-11H2,(H,20,23)(H2,21,22,24)/t15-/m1/s1. The predicted molar refractivity (Wildman–Crippen MR) is 106 cm³/mol. The molecule has 0 spiro atoms. The van der Waals surface area contributed by atoms with Crippen LogP contribution in [-0.2, 0) is 9.84 Å². The third-order valence-corrected chi connectivity index (χ3v) is 6.35. The second-order valence-electron chi connectivity index (χ2n) is 6.80. The van der Waals surface area contributed by atoms with Crippen LogP contribution in [0.15, 0.2) is 42.5 Å². The van der Waals surface area contributed by atoms with Crippen LogP contribution in [0, 0.1) is 0 Å². The van der Waals surface area contributed by atoms with Crippen molar-refractivity contribution < 1.29 is 27.5 Å². The van der Waals surface area contributed by atoms with Crippen LogP contribution < -0.4 is 25.4 Å². The summed E-state index contributed by atoms with van der Waals surface area (Å²) < 4.78 is 33.5. The monoisotopic (exact) mass is 417 g/mol. The topological polar surface area (TPSA) is 123 Å². The average Bonchev–Trinajstić information content (AvgIpc) is 3.27. The maximum Gasteiger partial charge on any atom is 0.319 e. The number of hydrogen-bond acceptors (Lipinski definition) is 6. The van der Waals surface area contributed by atoms with E-state index in [9.17, 15) is 18.0 Å². The first-order valence-electron chi connectivity index (χ1n) is 8.97. The van der Waals surface area contributed by atoms with Gasteiger partial charge in [-0.15, -0.1) is 0 Å². The van der Waals surface area contributed by atoms with Gasteiger partial charge in [-0.1, -0.05) is 6.07 Å².